The Kier molecular flexibility index (Phi) is 9.36. The molecule has 0 spiro atoms. The van der Waals surface area contributed by atoms with Crippen LogP contribution in [0.25, 0.3) is 11.3 Å². The number of hydrogen-bond donors (Lipinski definition) is 0. The molecule has 2 aliphatic heterocycles. The number of rotatable bonds is 8. The first kappa shape index (κ1) is 30.4. The molecular weight excluding hydrogens is 596 g/mol. The Labute approximate surface area is 264 Å². The molecule has 8 nitrogen and oxygen atoms in total. The van der Waals surface area contributed by atoms with Crippen molar-refractivity contribution in [2.24, 2.45) is 0 Å². The third kappa shape index (κ3) is 7.34. The Morgan fingerprint density at radius 2 is 1.68 bits per heavy atom. The molecule has 0 aliphatic carbocycles. The first-order valence-electron chi connectivity index (χ1n) is 14.8. The number of benzene rings is 3. The molecule has 0 bridgehead atoms. The van der Waals surface area contributed by atoms with Crippen LogP contribution < -0.4 is 4.74 Å². The Bertz CT molecular complexity index is 1770. The second-order valence-electron chi connectivity index (χ2n) is 11.0. The van der Waals surface area contributed by atoms with Crippen LogP contribution in [0.5, 0.6) is 11.5 Å². The third-order valence-electron chi connectivity index (χ3n) is 7.93. The van der Waals surface area contributed by atoms with Gasteiger partial charge in [-0.3, -0.25) is 9.58 Å². The van der Waals surface area contributed by atoms with Gasteiger partial charge in [0.1, 0.15) is 11.5 Å². The van der Waals surface area contributed by atoms with Crippen molar-refractivity contribution < 1.29 is 17.9 Å². The lowest BCUT2D eigenvalue weighted by atomic mass is 10.0. The largest absolute Gasteiger partial charge is 0.457 e. The second-order valence-corrected chi connectivity index (χ2v) is 13.4. The minimum atomic E-state index is -3.34. The third-order valence-corrected chi connectivity index (χ3v) is 9.51. The molecule has 6 rings (SSSR count). The fourth-order valence-electron chi connectivity index (χ4n) is 5.57. The van der Waals surface area contributed by atoms with E-state index in [4.69, 9.17) is 26.2 Å². The Morgan fingerprint density at radius 3 is 2.43 bits per heavy atom. The molecule has 0 radical (unpaired) electrons. The summed E-state index contributed by atoms with van der Waals surface area (Å²) >= 11 is 6.59. The maximum absolute atomic E-state index is 12.5. The summed E-state index contributed by atoms with van der Waals surface area (Å²) in [4.78, 5) is 2.42. The van der Waals surface area contributed by atoms with Gasteiger partial charge in [0, 0.05) is 73.6 Å². The summed E-state index contributed by atoms with van der Waals surface area (Å²) in [5.74, 6) is 7.93. The van der Waals surface area contributed by atoms with Crippen molar-refractivity contribution in [2.45, 2.75) is 25.9 Å². The fourth-order valence-corrected chi connectivity index (χ4v) is 6.52. The molecule has 1 aromatic heterocycles. The SMILES string of the molecule is CS(=O)(=O)N1CCc2c(c(-c3ccc(Cl)c(C#Cc4ccc(Oc5ccccc5)cc4)c3)nn2CCCN2CCOCC2)C1. The van der Waals surface area contributed by atoms with Crippen molar-refractivity contribution in [3.8, 4) is 34.6 Å². The zero-order valence-corrected chi connectivity index (χ0v) is 26.3. The lowest BCUT2D eigenvalue weighted by molar-refractivity contribution is 0.0368. The van der Waals surface area contributed by atoms with E-state index in [-0.39, 0.29) is 0 Å². The van der Waals surface area contributed by atoms with Gasteiger partial charge in [-0.2, -0.15) is 9.40 Å². The molecule has 4 aromatic rings. The van der Waals surface area contributed by atoms with Gasteiger partial charge < -0.3 is 9.47 Å². The summed E-state index contributed by atoms with van der Waals surface area (Å²) in [6, 6.07) is 23.0. The Morgan fingerprint density at radius 1 is 0.932 bits per heavy atom. The first-order chi connectivity index (χ1) is 21.3. The molecule has 1 saturated heterocycles. The van der Waals surface area contributed by atoms with Crippen LogP contribution >= 0.6 is 11.6 Å². The minimum absolute atomic E-state index is 0.300. The van der Waals surface area contributed by atoms with Crippen LogP contribution in [0.1, 0.15) is 28.8 Å². The number of nitrogens with zero attached hydrogens (tertiary/aromatic N) is 4. The lowest BCUT2D eigenvalue weighted by Crippen LogP contribution is -2.37. The highest BCUT2D eigenvalue weighted by molar-refractivity contribution is 7.88. The number of hydrogen-bond acceptors (Lipinski definition) is 6. The van der Waals surface area contributed by atoms with E-state index >= 15 is 0 Å². The molecule has 0 unspecified atom stereocenters. The van der Waals surface area contributed by atoms with Crippen molar-refractivity contribution >= 4 is 21.6 Å². The predicted molar refractivity (Wildman–Crippen MR) is 172 cm³/mol. The topological polar surface area (TPSA) is 76.9 Å². The molecule has 3 aromatic carbocycles. The van der Waals surface area contributed by atoms with Gasteiger partial charge in [-0.1, -0.05) is 47.7 Å². The molecule has 0 N–H and O–H groups in total. The van der Waals surface area contributed by atoms with E-state index in [1.54, 1.807) is 0 Å². The first-order valence-corrected chi connectivity index (χ1v) is 17.0. The monoisotopic (exact) mass is 630 g/mol. The normalized spacial score (nSPS) is 15.8. The van der Waals surface area contributed by atoms with Crippen LogP contribution in [-0.2, 0) is 34.3 Å². The Hall–Kier alpha value is -3.65. The van der Waals surface area contributed by atoms with Crippen LogP contribution in [0.3, 0.4) is 0 Å². The van der Waals surface area contributed by atoms with Crippen molar-refractivity contribution in [3.63, 3.8) is 0 Å². The van der Waals surface area contributed by atoms with Gasteiger partial charge >= 0.3 is 0 Å². The summed E-state index contributed by atoms with van der Waals surface area (Å²) < 4.78 is 39.9. The van der Waals surface area contributed by atoms with Crippen molar-refractivity contribution in [3.05, 3.63) is 100 Å². The number of sulfonamides is 1. The van der Waals surface area contributed by atoms with Crippen molar-refractivity contribution in [1.29, 1.82) is 0 Å². The minimum Gasteiger partial charge on any atom is -0.457 e. The van der Waals surface area contributed by atoms with Crippen LogP contribution in [0.2, 0.25) is 5.02 Å². The van der Waals surface area contributed by atoms with Gasteiger partial charge in [-0.25, -0.2) is 8.42 Å². The summed E-state index contributed by atoms with van der Waals surface area (Å²) in [5, 5.41) is 5.58. The summed E-state index contributed by atoms with van der Waals surface area (Å²) in [6.07, 6.45) is 2.84. The van der Waals surface area contributed by atoms with E-state index < -0.39 is 10.0 Å². The number of aryl methyl sites for hydroxylation is 1. The molecule has 0 amide bonds. The number of halogens is 1. The zero-order valence-electron chi connectivity index (χ0n) is 24.7. The van der Waals surface area contributed by atoms with E-state index in [1.165, 1.54) is 10.6 Å². The highest BCUT2D eigenvalue weighted by Crippen LogP contribution is 2.33. The maximum atomic E-state index is 12.5. The number of morpholine rings is 1. The molecular formula is C34H35ClN4O4S. The standard InChI is InChI=1S/C34H35ClN4O4S/c1-44(40,41)38-19-16-33-31(25-38)34(36-39(33)18-5-17-37-20-22-42-23-21-37)28-12-15-32(35)27(24-28)11-8-26-9-13-30(14-10-26)43-29-6-3-2-4-7-29/h2-4,6-7,9-10,12-15,24H,5,16-23,25H2,1H3. The Balaban J connectivity index is 1.24. The average molecular weight is 631 g/mol. The van der Waals surface area contributed by atoms with E-state index in [2.05, 4.69) is 21.4 Å². The van der Waals surface area contributed by atoms with Crippen LogP contribution in [-0.4, -0.2) is 73.1 Å². The number of ether oxygens (including phenoxy) is 2. The summed E-state index contributed by atoms with van der Waals surface area (Å²) in [7, 11) is -3.34. The van der Waals surface area contributed by atoms with Gasteiger partial charge in [0.15, 0.2) is 0 Å². The smallest absolute Gasteiger partial charge is 0.211 e. The molecule has 0 atom stereocenters. The molecule has 3 heterocycles. The van der Waals surface area contributed by atoms with Gasteiger partial charge in [0.25, 0.3) is 0 Å². The summed E-state index contributed by atoms with van der Waals surface area (Å²) in [5.41, 5.74) is 5.20. The van der Waals surface area contributed by atoms with E-state index in [0.717, 1.165) is 85.4 Å². The molecule has 44 heavy (non-hydrogen) atoms. The van der Waals surface area contributed by atoms with E-state index in [0.29, 0.717) is 30.1 Å². The van der Waals surface area contributed by atoms with Gasteiger partial charge in [0.05, 0.1) is 30.2 Å². The number of aromatic nitrogens is 2. The van der Waals surface area contributed by atoms with E-state index in [1.807, 2.05) is 72.8 Å². The number of para-hydroxylation sites is 1. The predicted octanol–water partition coefficient (Wildman–Crippen LogP) is 5.44. The average Bonchev–Trinajstić information content (AvgIpc) is 3.40. The van der Waals surface area contributed by atoms with Crippen molar-refractivity contribution in [1.82, 2.24) is 19.0 Å². The van der Waals surface area contributed by atoms with Crippen LogP contribution in [0, 0.1) is 11.8 Å². The zero-order chi connectivity index (χ0) is 30.5. The summed E-state index contributed by atoms with van der Waals surface area (Å²) in [6.45, 7) is 5.95. The van der Waals surface area contributed by atoms with Gasteiger partial charge in [-0.05, 0) is 55.0 Å². The lowest BCUT2D eigenvalue weighted by Gasteiger charge is -2.27. The number of fused-ring (bicyclic) bond motifs is 1. The van der Waals surface area contributed by atoms with Crippen molar-refractivity contribution in [2.75, 3.05) is 45.6 Å². The fraction of sp³-hybridized carbons (Fsp3) is 0.324. The molecule has 228 valence electrons. The second kappa shape index (κ2) is 13.6. The van der Waals surface area contributed by atoms with E-state index in [9.17, 15) is 8.42 Å². The van der Waals surface area contributed by atoms with Crippen LogP contribution in [0.4, 0.5) is 0 Å². The molecule has 1 fully saturated rings. The maximum Gasteiger partial charge on any atom is 0.211 e. The molecule has 0 saturated carbocycles. The van der Waals surface area contributed by atoms with Gasteiger partial charge in [-0.15, -0.1) is 0 Å². The molecule has 2 aliphatic rings. The highest BCUT2D eigenvalue weighted by Gasteiger charge is 2.30. The quantitative estimate of drug-likeness (QED) is 0.242. The molecule has 10 heteroatoms. The highest BCUT2D eigenvalue weighted by atomic mass is 35.5. The van der Waals surface area contributed by atoms with Crippen LogP contribution in [0.15, 0.2) is 72.8 Å². The van der Waals surface area contributed by atoms with Gasteiger partial charge in [0.2, 0.25) is 10.0 Å².